The summed E-state index contributed by atoms with van der Waals surface area (Å²) in [6.45, 7) is 0.595. The Morgan fingerprint density at radius 2 is 2.00 bits per heavy atom. The van der Waals surface area contributed by atoms with Crippen molar-refractivity contribution in [2.45, 2.75) is 18.9 Å². The summed E-state index contributed by atoms with van der Waals surface area (Å²) in [6.07, 6.45) is 2.29. The number of hydrogen-bond donors (Lipinski definition) is 1. The molecule has 0 aromatic heterocycles. The predicted molar refractivity (Wildman–Crippen MR) is 64.3 cm³/mol. The third kappa shape index (κ3) is 2.25. The minimum absolute atomic E-state index is 0.122. The fourth-order valence-corrected chi connectivity index (χ4v) is 2.15. The molecule has 1 atom stereocenters. The molecule has 0 aliphatic carbocycles. The molecular formula is C13H14N2O2. The molecule has 2 rings (SSSR count). The Morgan fingerprint density at radius 3 is 2.65 bits per heavy atom. The van der Waals surface area contributed by atoms with Gasteiger partial charge in [0, 0.05) is 12.1 Å². The monoisotopic (exact) mass is 230 g/mol. The van der Waals surface area contributed by atoms with E-state index < -0.39 is 6.04 Å². The quantitative estimate of drug-likeness (QED) is 0.800. The Balaban J connectivity index is 2.19. The summed E-state index contributed by atoms with van der Waals surface area (Å²) in [5.41, 5.74) is 0.595. The number of amides is 1. The lowest BCUT2D eigenvalue weighted by atomic mass is 10.1. The van der Waals surface area contributed by atoms with Crippen LogP contribution in [0.1, 0.15) is 23.2 Å². The molecule has 1 aliphatic rings. The average molecular weight is 230 g/mol. The number of benzene rings is 1. The first-order valence-electron chi connectivity index (χ1n) is 5.64. The van der Waals surface area contributed by atoms with Crippen LogP contribution >= 0.6 is 0 Å². The van der Waals surface area contributed by atoms with Crippen molar-refractivity contribution in [3.05, 3.63) is 35.9 Å². The van der Waals surface area contributed by atoms with Gasteiger partial charge in [-0.05, 0) is 25.0 Å². The van der Waals surface area contributed by atoms with Crippen molar-refractivity contribution >= 4 is 17.9 Å². The zero-order valence-electron chi connectivity index (χ0n) is 9.43. The molecule has 4 heteroatoms. The van der Waals surface area contributed by atoms with E-state index in [2.05, 4.69) is 0 Å². The molecule has 17 heavy (non-hydrogen) atoms. The Labute approximate surface area is 99.7 Å². The maximum Gasteiger partial charge on any atom is 0.254 e. The first-order valence-corrected chi connectivity index (χ1v) is 5.64. The summed E-state index contributed by atoms with van der Waals surface area (Å²) in [7, 11) is 0. The van der Waals surface area contributed by atoms with E-state index in [0.29, 0.717) is 18.5 Å². The summed E-state index contributed by atoms with van der Waals surface area (Å²) in [5, 5.41) is 7.00. The van der Waals surface area contributed by atoms with Crippen LogP contribution in [0.4, 0.5) is 0 Å². The summed E-state index contributed by atoms with van der Waals surface area (Å²) in [5.74, 6) is -0.407. The second kappa shape index (κ2) is 4.91. The van der Waals surface area contributed by atoms with E-state index in [4.69, 9.17) is 5.41 Å². The van der Waals surface area contributed by atoms with Crippen molar-refractivity contribution in [3.63, 3.8) is 0 Å². The van der Waals surface area contributed by atoms with Crippen molar-refractivity contribution in [1.82, 2.24) is 4.90 Å². The van der Waals surface area contributed by atoms with Crippen molar-refractivity contribution in [2.75, 3.05) is 6.54 Å². The lowest BCUT2D eigenvalue weighted by molar-refractivity contribution is -0.116. The number of carbonyl (C=O) groups excluding carboxylic acids is 2. The summed E-state index contributed by atoms with van der Waals surface area (Å²) in [4.78, 5) is 25.3. The molecule has 1 aromatic carbocycles. The number of carbonyl (C=O) groups is 2. The van der Waals surface area contributed by atoms with Crippen molar-refractivity contribution in [1.29, 1.82) is 5.41 Å². The van der Waals surface area contributed by atoms with Crippen LogP contribution in [0.2, 0.25) is 0 Å². The maximum atomic E-state index is 12.2. The molecule has 1 heterocycles. The second-order valence-electron chi connectivity index (χ2n) is 4.07. The van der Waals surface area contributed by atoms with Crippen LogP contribution in [0.3, 0.4) is 0 Å². The highest BCUT2D eigenvalue weighted by Gasteiger charge is 2.33. The number of nitrogens with one attached hydrogen (secondary N) is 1. The van der Waals surface area contributed by atoms with Crippen molar-refractivity contribution in [3.8, 4) is 0 Å². The molecule has 1 aliphatic heterocycles. The maximum absolute atomic E-state index is 12.2. The van der Waals surface area contributed by atoms with E-state index in [1.165, 1.54) is 0 Å². The topological polar surface area (TPSA) is 61.2 Å². The van der Waals surface area contributed by atoms with Crippen LogP contribution in [0.15, 0.2) is 30.3 Å². The molecule has 1 fully saturated rings. The van der Waals surface area contributed by atoms with Gasteiger partial charge in [-0.25, -0.2) is 0 Å². The van der Waals surface area contributed by atoms with Crippen molar-refractivity contribution < 1.29 is 9.59 Å². The highest BCUT2D eigenvalue weighted by Crippen LogP contribution is 2.20. The van der Waals surface area contributed by atoms with Gasteiger partial charge in [0.05, 0.1) is 12.3 Å². The van der Waals surface area contributed by atoms with Gasteiger partial charge in [-0.2, -0.15) is 0 Å². The normalized spacial score (nSPS) is 19.1. The molecule has 1 unspecified atom stereocenters. The Morgan fingerprint density at radius 1 is 1.29 bits per heavy atom. The van der Waals surface area contributed by atoms with Crippen molar-refractivity contribution in [2.24, 2.45) is 0 Å². The molecular weight excluding hydrogens is 216 g/mol. The van der Waals surface area contributed by atoms with Gasteiger partial charge >= 0.3 is 0 Å². The van der Waals surface area contributed by atoms with Crippen LogP contribution in [0, 0.1) is 5.41 Å². The first kappa shape index (κ1) is 11.5. The Hall–Kier alpha value is -1.97. The van der Waals surface area contributed by atoms with E-state index in [1.807, 2.05) is 6.07 Å². The SMILES string of the molecule is N=CC(=O)C1CCCN1C(=O)c1ccccc1. The molecule has 0 radical (unpaired) electrons. The third-order valence-corrected chi connectivity index (χ3v) is 3.01. The minimum atomic E-state index is -0.444. The average Bonchev–Trinajstić information content (AvgIpc) is 2.87. The summed E-state index contributed by atoms with van der Waals surface area (Å²) >= 11 is 0. The lowest BCUT2D eigenvalue weighted by Crippen LogP contribution is -2.40. The highest BCUT2D eigenvalue weighted by atomic mass is 16.2. The van der Waals surface area contributed by atoms with Gasteiger partial charge < -0.3 is 10.3 Å². The molecule has 4 nitrogen and oxygen atoms in total. The molecule has 88 valence electrons. The third-order valence-electron chi connectivity index (χ3n) is 3.01. The largest absolute Gasteiger partial charge is 0.328 e. The zero-order chi connectivity index (χ0) is 12.3. The zero-order valence-corrected chi connectivity index (χ0v) is 9.43. The number of rotatable bonds is 3. The van der Waals surface area contributed by atoms with Crippen LogP contribution < -0.4 is 0 Å². The van der Waals surface area contributed by atoms with Crippen LogP contribution in [0.5, 0.6) is 0 Å². The standard InChI is InChI=1S/C13H14N2O2/c14-9-12(16)11-7-4-8-15(11)13(17)10-5-2-1-3-6-10/h1-3,5-6,9,11,14H,4,7-8H2. The molecule has 1 saturated heterocycles. The number of ketones is 1. The fourth-order valence-electron chi connectivity index (χ4n) is 2.15. The van der Waals surface area contributed by atoms with Crippen LogP contribution in [-0.2, 0) is 4.79 Å². The Bertz CT molecular complexity index is 442. The molecule has 1 amide bonds. The molecule has 0 spiro atoms. The van der Waals surface area contributed by atoms with E-state index in [-0.39, 0.29) is 11.7 Å². The Kier molecular flexibility index (Phi) is 3.32. The van der Waals surface area contributed by atoms with E-state index >= 15 is 0 Å². The van der Waals surface area contributed by atoms with E-state index in [0.717, 1.165) is 12.6 Å². The van der Waals surface area contributed by atoms with Gasteiger partial charge in [-0.3, -0.25) is 9.59 Å². The van der Waals surface area contributed by atoms with Crippen LogP contribution in [0.25, 0.3) is 0 Å². The predicted octanol–water partition coefficient (Wildman–Crippen LogP) is 1.51. The van der Waals surface area contributed by atoms with E-state index in [9.17, 15) is 9.59 Å². The van der Waals surface area contributed by atoms with E-state index in [1.54, 1.807) is 29.2 Å². The number of hydrogen-bond acceptors (Lipinski definition) is 3. The molecule has 0 bridgehead atoms. The van der Waals surface area contributed by atoms with Gasteiger partial charge in [0.15, 0.2) is 5.78 Å². The number of likely N-dealkylation sites (tertiary alicyclic amines) is 1. The smallest absolute Gasteiger partial charge is 0.254 e. The molecule has 1 aromatic rings. The fraction of sp³-hybridized carbons (Fsp3) is 0.308. The number of nitrogens with zero attached hydrogens (tertiary/aromatic N) is 1. The van der Waals surface area contributed by atoms with Crippen LogP contribution in [-0.4, -0.2) is 35.4 Å². The summed E-state index contributed by atoms with van der Waals surface area (Å²) in [6, 6.07) is 8.49. The highest BCUT2D eigenvalue weighted by molar-refractivity contribution is 6.29. The van der Waals surface area contributed by atoms with Gasteiger partial charge in [-0.15, -0.1) is 0 Å². The van der Waals surface area contributed by atoms with Gasteiger partial charge in [0.1, 0.15) is 0 Å². The van der Waals surface area contributed by atoms with Gasteiger partial charge in [0.2, 0.25) is 0 Å². The molecule has 0 saturated carbocycles. The number of Topliss-reactive ketones (excluding diaryl/α,β-unsaturated/α-hetero) is 1. The molecule has 1 N–H and O–H groups in total. The lowest BCUT2D eigenvalue weighted by Gasteiger charge is -2.22. The second-order valence-corrected chi connectivity index (χ2v) is 4.07. The van der Waals surface area contributed by atoms with Gasteiger partial charge in [-0.1, -0.05) is 18.2 Å². The minimum Gasteiger partial charge on any atom is -0.328 e. The first-order chi connectivity index (χ1) is 8.24. The van der Waals surface area contributed by atoms with Gasteiger partial charge in [0.25, 0.3) is 5.91 Å². The summed E-state index contributed by atoms with van der Waals surface area (Å²) < 4.78 is 0.